The molecule has 1 aliphatic carbocycles. The first kappa shape index (κ1) is 18.3. The predicted octanol–water partition coefficient (Wildman–Crippen LogP) is 1.84. The van der Waals surface area contributed by atoms with Crippen molar-refractivity contribution in [2.45, 2.75) is 41.9 Å². The number of ether oxygens (including phenoxy) is 1. The van der Waals surface area contributed by atoms with Crippen LogP contribution in [0.5, 0.6) is 0 Å². The SMILES string of the molecule is C[C@](C#N)(NC(=O)COC(=O)C[C@@H]1Sc2ccccc2NC1=O)C1CC1. The van der Waals surface area contributed by atoms with Crippen LogP contribution in [-0.4, -0.2) is 35.2 Å². The van der Waals surface area contributed by atoms with E-state index in [1.54, 1.807) is 13.0 Å². The number of para-hydroxylation sites is 1. The molecular formula is C18H19N3O4S. The lowest BCUT2D eigenvalue weighted by Crippen LogP contribution is -2.48. The number of carbonyl (C=O) groups excluding carboxylic acids is 3. The van der Waals surface area contributed by atoms with Crippen molar-refractivity contribution in [1.29, 1.82) is 5.26 Å². The Labute approximate surface area is 155 Å². The fourth-order valence-corrected chi connectivity index (χ4v) is 3.89. The van der Waals surface area contributed by atoms with E-state index in [1.165, 1.54) is 11.8 Å². The maximum absolute atomic E-state index is 12.1. The number of carbonyl (C=O) groups is 3. The van der Waals surface area contributed by atoms with E-state index in [9.17, 15) is 19.6 Å². The van der Waals surface area contributed by atoms with Crippen LogP contribution in [0.2, 0.25) is 0 Å². The molecule has 136 valence electrons. The Hall–Kier alpha value is -2.53. The van der Waals surface area contributed by atoms with E-state index in [1.807, 2.05) is 18.2 Å². The Morgan fingerprint density at radius 1 is 1.42 bits per heavy atom. The van der Waals surface area contributed by atoms with Gasteiger partial charge in [-0.3, -0.25) is 14.4 Å². The zero-order chi connectivity index (χ0) is 18.7. The lowest BCUT2D eigenvalue weighted by molar-refractivity contribution is -0.149. The summed E-state index contributed by atoms with van der Waals surface area (Å²) in [5.74, 6) is -1.26. The summed E-state index contributed by atoms with van der Waals surface area (Å²) in [6.45, 7) is 1.21. The van der Waals surface area contributed by atoms with Gasteiger partial charge in [-0.15, -0.1) is 11.8 Å². The van der Waals surface area contributed by atoms with Crippen molar-refractivity contribution in [2.75, 3.05) is 11.9 Å². The Balaban J connectivity index is 1.48. The first-order valence-corrected chi connectivity index (χ1v) is 9.23. The van der Waals surface area contributed by atoms with Crippen molar-refractivity contribution in [3.05, 3.63) is 24.3 Å². The second-order valence-corrected chi connectivity index (χ2v) is 7.84. The minimum atomic E-state index is -0.924. The number of thioether (sulfide) groups is 1. The van der Waals surface area contributed by atoms with Gasteiger partial charge in [-0.1, -0.05) is 12.1 Å². The molecule has 0 spiro atoms. The highest BCUT2D eigenvalue weighted by Gasteiger charge is 2.43. The average molecular weight is 373 g/mol. The van der Waals surface area contributed by atoms with Gasteiger partial charge in [-0.05, 0) is 37.8 Å². The first-order chi connectivity index (χ1) is 12.4. The van der Waals surface area contributed by atoms with Gasteiger partial charge >= 0.3 is 5.97 Å². The molecule has 1 aliphatic heterocycles. The summed E-state index contributed by atoms with van der Waals surface area (Å²) >= 11 is 1.30. The predicted molar refractivity (Wildman–Crippen MR) is 95.2 cm³/mol. The Kier molecular flexibility index (Phi) is 5.18. The normalized spacial score (nSPS) is 20.8. The molecule has 0 saturated heterocycles. The highest BCUT2D eigenvalue weighted by Crippen LogP contribution is 2.39. The number of anilines is 1. The molecule has 0 bridgehead atoms. The molecule has 2 N–H and O–H groups in total. The summed E-state index contributed by atoms with van der Waals surface area (Å²) in [5, 5.41) is 14.0. The number of nitriles is 1. The molecule has 0 unspecified atom stereocenters. The lowest BCUT2D eigenvalue weighted by Gasteiger charge is -2.24. The molecule has 3 rings (SSSR count). The molecule has 1 aromatic rings. The molecule has 1 fully saturated rings. The van der Waals surface area contributed by atoms with E-state index in [0.717, 1.165) is 23.4 Å². The van der Waals surface area contributed by atoms with Crippen LogP contribution in [0.25, 0.3) is 0 Å². The van der Waals surface area contributed by atoms with Crippen LogP contribution >= 0.6 is 11.8 Å². The van der Waals surface area contributed by atoms with Crippen LogP contribution in [0.4, 0.5) is 5.69 Å². The van der Waals surface area contributed by atoms with E-state index >= 15 is 0 Å². The van der Waals surface area contributed by atoms with Gasteiger partial charge in [-0.25, -0.2) is 0 Å². The minimum Gasteiger partial charge on any atom is -0.456 e. The summed E-state index contributed by atoms with van der Waals surface area (Å²) < 4.78 is 4.98. The van der Waals surface area contributed by atoms with Crippen molar-refractivity contribution in [3.63, 3.8) is 0 Å². The van der Waals surface area contributed by atoms with Crippen LogP contribution < -0.4 is 10.6 Å². The number of amides is 2. The summed E-state index contributed by atoms with van der Waals surface area (Å²) in [4.78, 5) is 36.9. The fourth-order valence-electron chi connectivity index (χ4n) is 2.79. The third-order valence-corrected chi connectivity index (χ3v) is 5.72. The van der Waals surface area contributed by atoms with Gasteiger partial charge < -0.3 is 15.4 Å². The van der Waals surface area contributed by atoms with Gasteiger partial charge in [0.1, 0.15) is 5.54 Å². The molecule has 2 aliphatic rings. The van der Waals surface area contributed by atoms with Gasteiger partial charge in [0, 0.05) is 4.90 Å². The van der Waals surface area contributed by atoms with Gasteiger partial charge in [0.05, 0.1) is 23.4 Å². The number of fused-ring (bicyclic) bond motifs is 1. The monoisotopic (exact) mass is 373 g/mol. The van der Waals surface area contributed by atoms with Crippen LogP contribution in [-0.2, 0) is 19.1 Å². The molecule has 26 heavy (non-hydrogen) atoms. The zero-order valence-corrected chi connectivity index (χ0v) is 15.1. The molecule has 0 aromatic heterocycles. The molecular weight excluding hydrogens is 354 g/mol. The van der Waals surface area contributed by atoms with Crippen molar-refractivity contribution < 1.29 is 19.1 Å². The minimum absolute atomic E-state index is 0.129. The molecule has 2 amide bonds. The maximum atomic E-state index is 12.1. The number of benzene rings is 1. The lowest BCUT2D eigenvalue weighted by atomic mass is 9.98. The topological polar surface area (TPSA) is 108 Å². The summed E-state index contributed by atoms with van der Waals surface area (Å²) in [6.07, 6.45) is 1.68. The van der Waals surface area contributed by atoms with E-state index < -0.39 is 29.3 Å². The van der Waals surface area contributed by atoms with E-state index in [4.69, 9.17) is 4.74 Å². The van der Waals surface area contributed by atoms with E-state index in [0.29, 0.717) is 0 Å². The third kappa shape index (κ3) is 4.17. The molecule has 0 radical (unpaired) electrons. The summed E-state index contributed by atoms with van der Waals surface area (Å²) in [7, 11) is 0. The van der Waals surface area contributed by atoms with Gasteiger partial charge in [-0.2, -0.15) is 5.26 Å². The molecule has 1 aromatic carbocycles. The molecule has 1 heterocycles. The number of nitrogens with zero attached hydrogens (tertiary/aromatic N) is 1. The second kappa shape index (κ2) is 7.38. The standard InChI is InChI=1S/C18H19N3O4S/c1-18(10-19,11-6-7-11)21-15(22)9-25-16(23)8-14-17(24)20-12-4-2-3-5-13(12)26-14/h2-5,11,14H,6-9H2,1H3,(H,20,24)(H,21,22)/t14-,18+/m0/s1. The van der Waals surface area contributed by atoms with Crippen molar-refractivity contribution in [2.24, 2.45) is 5.92 Å². The van der Waals surface area contributed by atoms with Gasteiger partial charge in [0.15, 0.2) is 6.61 Å². The number of hydrogen-bond donors (Lipinski definition) is 2. The van der Waals surface area contributed by atoms with Crippen LogP contribution in [0.1, 0.15) is 26.2 Å². The van der Waals surface area contributed by atoms with Crippen molar-refractivity contribution >= 4 is 35.2 Å². The fraction of sp³-hybridized carbons (Fsp3) is 0.444. The number of hydrogen-bond acceptors (Lipinski definition) is 6. The largest absolute Gasteiger partial charge is 0.456 e. The van der Waals surface area contributed by atoms with Gasteiger partial charge in [0.25, 0.3) is 5.91 Å². The van der Waals surface area contributed by atoms with Crippen LogP contribution in [0.15, 0.2) is 29.2 Å². The highest BCUT2D eigenvalue weighted by atomic mass is 32.2. The van der Waals surface area contributed by atoms with E-state index in [2.05, 4.69) is 16.7 Å². The van der Waals surface area contributed by atoms with Gasteiger partial charge in [0.2, 0.25) is 5.91 Å². The number of nitrogens with one attached hydrogen (secondary N) is 2. The molecule has 7 nitrogen and oxygen atoms in total. The van der Waals surface area contributed by atoms with Crippen LogP contribution in [0.3, 0.4) is 0 Å². The third-order valence-electron chi connectivity index (χ3n) is 4.45. The van der Waals surface area contributed by atoms with Crippen molar-refractivity contribution in [1.82, 2.24) is 5.32 Å². The smallest absolute Gasteiger partial charge is 0.307 e. The summed E-state index contributed by atoms with van der Waals surface area (Å²) in [6, 6.07) is 9.45. The highest BCUT2D eigenvalue weighted by molar-refractivity contribution is 8.01. The molecule has 2 atom stereocenters. The second-order valence-electron chi connectivity index (χ2n) is 6.59. The summed E-state index contributed by atoms with van der Waals surface area (Å²) in [5.41, 5.74) is -0.200. The zero-order valence-electron chi connectivity index (χ0n) is 14.3. The Bertz CT molecular complexity index is 787. The maximum Gasteiger partial charge on any atom is 0.307 e. The molecule has 1 saturated carbocycles. The van der Waals surface area contributed by atoms with Crippen LogP contribution in [0, 0.1) is 17.2 Å². The Morgan fingerprint density at radius 3 is 2.85 bits per heavy atom. The Morgan fingerprint density at radius 2 is 2.15 bits per heavy atom. The first-order valence-electron chi connectivity index (χ1n) is 8.36. The van der Waals surface area contributed by atoms with Crippen molar-refractivity contribution in [3.8, 4) is 6.07 Å². The van der Waals surface area contributed by atoms with E-state index in [-0.39, 0.29) is 18.2 Å². The number of esters is 1. The number of rotatable bonds is 6. The average Bonchev–Trinajstić information content (AvgIpc) is 3.46. The molecule has 8 heteroatoms. The quantitative estimate of drug-likeness (QED) is 0.737.